The predicted octanol–water partition coefficient (Wildman–Crippen LogP) is 5.01. The Morgan fingerprint density at radius 2 is 1.71 bits per heavy atom. The Bertz CT molecular complexity index is 1200. The Morgan fingerprint density at radius 1 is 0.833 bits per heavy atom. The fourth-order valence-corrected chi connectivity index (χ4v) is 3.51. The Morgan fingerprint density at radius 3 is 2.58 bits per heavy atom. The maximum absolute atomic E-state index is 4.69. The monoisotopic (exact) mass is 309 g/mol. The molecular formula is C21H15N3. The summed E-state index contributed by atoms with van der Waals surface area (Å²) in [4.78, 5) is 4.69. The van der Waals surface area contributed by atoms with Gasteiger partial charge in [0, 0.05) is 17.0 Å². The van der Waals surface area contributed by atoms with Gasteiger partial charge in [-0.2, -0.15) is 5.10 Å². The lowest BCUT2D eigenvalue weighted by Gasteiger charge is -2.11. The summed E-state index contributed by atoms with van der Waals surface area (Å²) in [6.45, 7) is 2.03. The van der Waals surface area contributed by atoms with Crippen molar-refractivity contribution in [3.8, 4) is 11.1 Å². The molecule has 0 bridgehead atoms. The molecule has 0 atom stereocenters. The van der Waals surface area contributed by atoms with Gasteiger partial charge in [0.25, 0.3) is 0 Å². The Labute approximate surface area is 139 Å². The van der Waals surface area contributed by atoms with Gasteiger partial charge in [-0.3, -0.25) is 4.98 Å². The van der Waals surface area contributed by atoms with Gasteiger partial charge in [0.1, 0.15) is 0 Å². The predicted molar refractivity (Wildman–Crippen MR) is 98.2 cm³/mol. The molecule has 2 aromatic carbocycles. The molecule has 0 unspecified atom stereocenters. The number of pyridine rings is 2. The molecule has 0 aliphatic carbocycles. The van der Waals surface area contributed by atoms with Crippen LogP contribution in [-0.2, 0) is 0 Å². The van der Waals surface area contributed by atoms with E-state index in [1.807, 2.05) is 29.8 Å². The molecule has 0 saturated heterocycles. The first-order valence-electron chi connectivity index (χ1n) is 8.04. The Balaban J connectivity index is 2.08. The lowest BCUT2D eigenvalue weighted by atomic mass is 9.97. The van der Waals surface area contributed by atoms with E-state index < -0.39 is 0 Å². The van der Waals surface area contributed by atoms with Crippen molar-refractivity contribution in [1.82, 2.24) is 14.6 Å². The molecule has 114 valence electrons. The standard InChI is InChI=1S/C21H15N3/c1-14-13-19-17-10-5-9-16(15-7-3-2-4-8-15)20(17)21-18(24(19)23-14)11-6-12-22-21/h2-13H,1H3. The number of nitrogens with zero attached hydrogens (tertiary/aromatic N) is 3. The van der Waals surface area contributed by atoms with E-state index in [9.17, 15) is 0 Å². The molecule has 3 heteroatoms. The van der Waals surface area contributed by atoms with E-state index in [0.29, 0.717) is 0 Å². The first-order chi connectivity index (χ1) is 11.8. The van der Waals surface area contributed by atoms with Crippen molar-refractivity contribution in [1.29, 1.82) is 0 Å². The number of rotatable bonds is 1. The number of hydrogen-bond donors (Lipinski definition) is 0. The van der Waals surface area contributed by atoms with Crippen molar-refractivity contribution in [3.05, 3.63) is 78.6 Å². The minimum absolute atomic E-state index is 0.988. The van der Waals surface area contributed by atoms with Crippen molar-refractivity contribution in [2.75, 3.05) is 0 Å². The second-order valence-corrected chi connectivity index (χ2v) is 6.05. The Kier molecular flexibility index (Phi) is 2.71. The summed E-state index contributed by atoms with van der Waals surface area (Å²) in [5.41, 5.74) is 6.58. The summed E-state index contributed by atoms with van der Waals surface area (Å²) < 4.78 is 2.01. The molecule has 0 fully saturated rings. The highest BCUT2D eigenvalue weighted by molar-refractivity contribution is 6.16. The molecule has 0 aliphatic heterocycles. The molecule has 3 aromatic heterocycles. The van der Waals surface area contributed by atoms with Gasteiger partial charge < -0.3 is 0 Å². The summed E-state index contributed by atoms with van der Waals surface area (Å²) in [6.07, 6.45) is 1.85. The maximum atomic E-state index is 4.69. The van der Waals surface area contributed by atoms with Crippen molar-refractivity contribution in [3.63, 3.8) is 0 Å². The molecule has 0 aliphatic rings. The van der Waals surface area contributed by atoms with Crippen LogP contribution in [0.4, 0.5) is 0 Å². The summed E-state index contributed by atoms with van der Waals surface area (Å²) >= 11 is 0. The van der Waals surface area contributed by atoms with Gasteiger partial charge in [0.2, 0.25) is 0 Å². The third-order valence-corrected chi connectivity index (χ3v) is 4.51. The molecule has 3 nitrogen and oxygen atoms in total. The second-order valence-electron chi connectivity index (χ2n) is 6.05. The van der Waals surface area contributed by atoms with Crippen LogP contribution in [0.15, 0.2) is 72.9 Å². The number of fused-ring (bicyclic) bond motifs is 6. The van der Waals surface area contributed by atoms with Crippen molar-refractivity contribution < 1.29 is 0 Å². The third-order valence-electron chi connectivity index (χ3n) is 4.51. The van der Waals surface area contributed by atoms with Crippen LogP contribution in [0.25, 0.3) is 38.4 Å². The van der Waals surface area contributed by atoms with Crippen LogP contribution >= 0.6 is 0 Å². The quantitative estimate of drug-likeness (QED) is 0.407. The topological polar surface area (TPSA) is 30.2 Å². The van der Waals surface area contributed by atoms with Crippen LogP contribution in [0.5, 0.6) is 0 Å². The first kappa shape index (κ1) is 13.3. The average Bonchev–Trinajstić information content (AvgIpc) is 3.04. The first-order valence-corrected chi connectivity index (χ1v) is 8.04. The Hall–Kier alpha value is -3.20. The van der Waals surface area contributed by atoms with Crippen molar-refractivity contribution in [2.24, 2.45) is 0 Å². The third kappa shape index (κ3) is 1.78. The van der Waals surface area contributed by atoms with Gasteiger partial charge in [-0.25, -0.2) is 4.52 Å². The van der Waals surface area contributed by atoms with Gasteiger partial charge >= 0.3 is 0 Å². The fourth-order valence-electron chi connectivity index (χ4n) is 3.51. The van der Waals surface area contributed by atoms with E-state index >= 15 is 0 Å². The zero-order chi connectivity index (χ0) is 16.1. The van der Waals surface area contributed by atoms with Gasteiger partial charge in [-0.15, -0.1) is 0 Å². The van der Waals surface area contributed by atoms with E-state index in [-0.39, 0.29) is 0 Å². The molecule has 3 heterocycles. The smallest absolute Gasteiger partial charge is 0.0972 e. The van der Waals surface area contributed by atoms with E-state index in [1.54, 1.807) is 0 Å². The van der Waals surface area contributed by atoms with Crippen molar-refractivity contribution in [2.45, 2.75) is 6.92 Å². The lowest BCUT2D eigenvalue weighted by Crippen LogP contribution is -1.95. The molecule has 24 heavy (non-hydrogen) atoms. The normalized spacial score (nSPS) is 11.5. The largest absolute Gasteiger partial charge is 0.254 e. The second kappa shape index (κ2) is 4.90. The van der Waals surface area contributed by atoms with Crippen LogP contribution in [0.2, 0.25) is 0 Å². The number of hydrogen-bond acceptors (Lipinski definition) is 2. The molecular weight excluding hydrogens is 294 g/mol. The van der Waals surface area contributed by atoms with E-state index in [4.69, 9.17) is 4.98 Å². The van der Waals surface area contributed by atoms with Crippen LogP contribution < -0.4 is 0 Å². The maximum Gasteiger partial charge on any atom is 0.0972 e. The zero-order valence-corrected chi connectivity index (χ0v) is 13.3. The van der Waals surface area contributed by atoms with E-state index in [2.05, 4.69) is 59.7 Å². The summed E-state index contributed by atoms with van der Waals surface area (Å²) in [6, 6.07) is 23.1. The summed E-state index contributed by atoms with van der Waals surface area (Å²) in [5.74, 6) is 0. The van der Waals surface area contributed by atoms with Gasteiger partial charge in [-0.05, 0) is 36.2 Å². The van der Waals surface area contributed by atoms with Crippen LogP contribution in [0.3, 0.4) is 0 Å². The molecule has 5 aromatic rings. The molecule has 5 rings (SSSR count). The van der Waals surface area contributed by atoms with Gasteiger partial charge in [0.15, 0.2) is 0 Å². The molecule has 0 spiro atoms. The van der Waals surface area contributed by atoms with Gasteiger partial charge in [0.05, 0.1) is 22.2 Å². The molecule has 0 saturated carbocycles. The SMILES string of the molecule is Cc1cc2c3cccc(-c4ccccc4)c3c3ncccc3n2n1. The highest BCUT2D eigenvalue weighted by Gasteiger charge is 2.14. The number of aryl methyl sites for hydroxylation is 1. The average molecular weight is 309 g/mol. The van der Waals surface area contributed by atoms with Crippen LogP contribution in [-0.4, -0.2) is 14.6 Å². The highest BCUT2D eigenvalue weighted by Crippen LogP contribution is 2.35. The van der Waals surface area contributed by atoms with E-state index in [1.165, 1.54) is 21.9 Å². The van der Waals surface area contributed by atoms with E-state index in [0.717, 1.165) is 22.2 Å². The summed E-state index contributed by atoms with van der Waals surface area (Å²) in [5, 5.41) is 7.04. The number of benzene rings is 2. The highest BCUT2D eigenvalue weighted by atomic mass is 15.2. The van der Waals surface area contributed by atoms with Crippen LogP contribution in [0.1, 0.15) is 5.69 Å². The minimum atomic E-state index is 0.988. The summed E-state index contributed by atoms with van der Waals surface area (Å²) in [7, 11) is 0. The lowest BCUT2D eigenvalue weighted by molar-refractivity contribution is 0.972. The molecule has 0 amide bonds. The molecule has 0 N–H and O–H groups in total. The zero-order valence-electron chi connectivity index (χ0n) is 13.3. The van der Waals surface area contributed by atoms with Crippen molar-refractivity contribution >= 4 is 27.3 Å². The molecule has 0 radical (unpaired) electrons. The number of aromatic nitrogens is 3. The van der Waals surface area contributed by atoms with Crippen LogP contribution in [0, 0.1) is 6.92 Å². The fraction of sp³-hybridized carbons (Fsp3) is 0.0476. The minimum Gasteiger partial charge on any atom is -0.254 e. The van der Waals surface area contributed by atoms with Gasteiger partial charge in [-0.1, -0.05) is 48.5 Å².